The van der Waals surface area contributed by atoms with E-state index in [-0.39, 0.29) is 25.5 Å². The second kappa shape index (κ2) is 12.7. The average Bonchev–Trinajstić information content (AvgIpc) is 2.93. The first-order chi connectivity index (χ1) is 18.2. The Balaban J connectivity index is 1.39. The van der Waals surface area contributed by atoms with Crippen molar-refractivity contribution in [2.75, 3.05) is 32.7 Å². The van der Waals surface area contributed by atoms with E-state index in [1.165, 1.54) is 9.80 Å². The Kier molecular flexibility index (Phi) is 9.31. The van der Waals surface area contributed by atoms with Gasteiger partial charge in [0.25, 0.3) is 5.91 Å². The third-order valence-corrected chi connectivity index (χ3v) is 7.24. The van der Waals surface area contributed by atoms with Crippen LogP contribution in [0.25, 0.3) is 0 Å². The Hall–Kier alpha value is -3.07. The van der Waals surface area contributed by atoms with Gasteiger partial charge in [-0.25, -0.2) is 0 Å². The van der Waals surface area contributed by atoms with E-state index in [0.29, 0.717) is 52.3 Å². The van der Waals surface area contributed by atoms with Crippen LogP contribution >= 0.6 is 39.1 Å². The standard InChI is InChI=1S/C28H26BrCl2N3O4/c1-2-32(18-20-5-8-23(31)17-25(20)38-24-11-9-22(30)10-12-24)27(36)28(37)34-15-13-33(14-16-34)26(35)19-3-6-21(29)7-4-19/h3-12,17H,2,13-16,18H2,1H3. The van der Waals surface area contributed by atoms with Crippen molar-refractivity contribution in [3.63, 3.8) is 0 Å². The third-order valence-electron chi connectivity index (χ3n) is 6.23. The minimum Gasteiger partial charge on any atom is -0.457 e. The maximum atomic E-state index is 13.2. The lowest BCUT2D eigenvalue weighted by atomic mass is 10.1. The zero-order valence-corrected chi connectivity index (χ0v) is 23.8. The largest absolute Gasteiger partial charge is 0.457 e. The Morgan fingerprint density at radius 1 is 0.868 bits per heavy atom. The summed E-state index contributed by atoms with van der Waals surface area (Å²) < 4.78 is 6.90. The number of amides is 3. The molecule has 10 heteroatoms. The first-order valence-corrected chi connectivity index (χ1v) is 13.6. The molecule has 3 aromatic rings. The summed E-state index contributed by atoms with van der Waals surface area (Å²) in [6.45, 7) is 3.60. The first kappa shape index (κ1) is 28.0. The van der Waals surface area contributed by atoms with Gasteiger partial charge in [0.15, 0.2) is 0 Å². The van der Waals surface area contributed by atoms with Crippen molar-refractivity contribution in [3.8, 4) is 11.5 Å². The fourth-order valence-electron chi connectivity index (χ4n) is 4.07. The molecule has 0 radical (unpaired) electrons. The number of rotatable bonds is 6. The van der Waals surface area contributed by atoms with Gasteiger partial charge in [0.05, 0.1) is 0 Å². The van der Waals surface area contributed by atoms with Gasteiger partial charge in [-0.15, -0.1) is 0 Å². The van der Waals surface area contributed by atoms with Crippen molar-refractivity contribution in [2.24, 2.45) is 0 Å². The molecular weight excluding hydrogens is 593 g/mol. The summed E-state index contributed by atoms with van der Waals surface area (Å²) in [5, 5.41) is 1.07. The first-order valence-electron chi connectivity index (χ1n) is 12.1. The maximum Gasteiger partial charge on any atom is 0.312 e. The number of halogens is 3. The van der Waals surface area contributed by atoms with E-state index in [1.807, 2.05) is 19.1 Å². The van der Waals surface area contributed by atoms with Gasteiger partial charge in [-0.2, -0.15) is 0 Å². The molecule has 198 valence electrons. The number of nitrogens with zero attached hydrogens (tertiary/aromatic N) is 3. The molecule has 0 N–H and O–H groups in total. The normalized spacial score (nSPS) is 13.3. The van der Waals surface area contributed by atoms with Crippen molar-refractivity contribution in [2.45, 2.75) is 13.5 Å². The number of likely N-dealkylation sites (N-methyl/N-ethyl adjacent to an activating group) is 1. The zero-order valence-electron chi connectivity index (χ0n) is 20.7. The van der Waals surface area contributed by atoms with Gasteiger partial charge < -0.3 is 19.4 Å². The van der Waals surface area contributed by atoms with E-state index < -0.39 is 11.8 Å². The van der Waals surface area contributed by atoms with Crippen molar-refractivity contribution in [1.29, 1.82) is 0 Å². The molecule has 38 heavy (non-hydrogen) atoms. The second-order valence-corrected chi connectivity index (χ2v) is 10.5. The van der Waals surface area contributed by atoms with E-state index >= 15 is 0 Å². The number of ether oxygens (including phenoxy) is 1. The van der Waals surface area contributed by atoms with Crippen molar-refractivity contribution in [3.05, 3.63) is 92.4 Å². The van der Waals surface area contributed by atoms with Crippen molar-refractivity contribution in [1.82, 2.24) is 14.7 Å². The molecule has 0 unspecified atom stereocenters. The van der Waals surface area contributed by atoms with E-state index in [4.69, 9.17) is 27.9 Å². The van der Waals surface area contributed by atoms with Crippen molar-refractivity contribution < 1.29 is 19.1 Å². The molecule has 1 saturated heterocycles. The Morgan fingerprint density at radius 3 is 2.11 bits per heavy atom. The number of benzene rings is 3. The van der Waals surface area contributed by atoms with E-state index in [1.54, 1.807) is 59.5 Å². The van der Waals surface area contributed by atoms with Gasteiger partial charge in [-0.05, 0) is 67.6 Å². The topological polar surface area (TPSA) is 70.2 Å². The molecule has 7 nitrogen and oxygen atoms in total. The van der Waals surface area contributed by atoms with Gasteiger partial charge in [0.2, 0.25) is 0 Å². The fraction of sp³-hybridized carbons (Fsp3) is 0.250. The highest BCUT2D eigenvalue weighted by Crippen LogP contribution is 2.30. The van der Waals surface area contributed by atoms with Crippen LogP contribution in [0, 0.1) is 0 Å². The molecule has 0 bridgehead atoms. The molecule has 4 rings (SSSR count). The monoisotopic (exact) mass is 617 g/mol. The lowest BCUT2D eigenvalue weighted by Crippen LogP contribution is -2.54. The maximum absolute atomic E-state index is 13.2. The van der Waals surface area contributed by atoms with Crippen molar-refractivity contribution >= 4 is 56.9 Å². The number of piperazine rings is 1. The summed E-state index contributed by atoms with van der Waals surface area (Å²) in [7, 11) is 0. The van der Waals surface area contributed by atoms with Crippen LogP contribution in [-0.4, -0.2) is 65.1 Å². The summed E-state index contributed by atoms with van der Waals surface area (Å²) >= 11 is 15.5. The lowest BCUT2D eigenvalue weighted by molar-refractivity contribution is -0.152. The third kappa shape index (κ3) is 6.87. The number of hydrogen-bond acceptors (Lipinski definition) is 4. The van der Waals surface area contributed by atoms with Gasteiger partial charge in [-0.1, -0.05) is 45.2 Å². The van der Waals surface area contributed by atoms with Crippen LogP contribution in [0.2, 0.25) is 10.0 Å². The van der Waals surface area contributed by atoms with Gasteiger partial charge in [-0.3, -0.25) is 14.4 Å². The molecule has 1 aliphatic heterocycles. The smallest absolute Gasteiger partial charge is 0.312 e. The molecule has 1 fully saturated rings. The molecule has 0 spiro atoms. The summed E-state index contributed by atoms with van der Waals surface area (Å²) in [6.07, 6.45) is 0. The van der Waals surface area contributed by atoms with Gasteiger partial charge >= 0.3 is 11.8 Å². The van der Waals surface area contributed by atoms with E-state index in [2.05, 4.69) is 15.9 Å². The van der Waals surface area contributed by atoms with E-state index in [9.17, 15) is 14.4 Å². The van der Waals surface area contributed by atoms with Crippen LogP contribution in [0.4, 0.5) is 0 Å². The molecular formula is C28H26BrCl2N3O4. The Bertz CT molecular complexity index is 1310. The Labute approximate surface area is 240 Å². The molecule has 0 aliphatic carbocycles. The number of carbonyl (C=O) groups is 3. The molecule has 1 aliphatic rings. The zero-order chi connectivity index (χ0) is 27.2. The molecule has 0 atom stereocenters. The molecule has 3 amide bonds. The Morgan fingerprint density at radius 2 is 1.47 bits per heavy atom. The van der Waals surface area contributed by atoms with Gasteiger partial charge in [0, 0.05) is 64.9 Å². The minimum atomic E-state index is -0.604. The SMILES string of the molecule is CCN(Cc1ccc(Cl)cc1Oc1ccc(Cl)cc1)C(=O)C(=O)N1CCN(C(=O)c2ccc(Br)cc2)CC1. The summed E-state index contributed by atoms with van der Waals surface area (Å²) in [4.78, 5) is 43.7. The summed E-state index contributed by atoms with van der Waals surface area (Å²) in [5.41, 5.74) is 1.29. The van der Waals surface area contributed by atoms with Crippen LogP contribution in [0.1, 0.15) is 22.8 Å². The predicted octanol–water partition coefficient (Wildman–Crippen LogP) is 5.88. The quantitative estimate of drug-likeness (QED) is 0.324. The van der Waals surface area contributed by atoms with E-state index in [0.717, 1.165) is 4.47 Å². The molecule has 1 heterocycles. The minimum absolute atomic E-state index is 0.0953. The van der Waals surface area contributed by atoms with Gasteiger partial charge in [0.1, 0.15) is 11.5 Å². The highest BCUT2D eigenvalue weighted by atomic mass is 79.9. The molecule has 0 saturated carbocycles. The number of carbonyl (C=O) groups excluding carboxylic acids is 3. The van der Waals surface area contributed by atoms with Crippen LogP contribution in [-0.2, 0) is 16.1 Å². The second-order valence-electron chi connectivity index (χ2n) is 8.72. The molecule has 0 aromatic heterocycles. The van der Waals surface area contributed by atoms with Crippen LogP contribution in [0.15, 0.2) is 71.2 Å². The summed E-state index contributed by atoms with van der Waals surface area (Å²) in [6, 6.07) is 19.2. The highest BCUT2D eigenvalue weighted by Gasteiger charge is 2.31. The highest BCUT2D eigenvalue weighted by molar-refractivity contribution is 9.10. The lowest BCUT2D eigenvalue weighted by Gasteiger charge is -2.35. The number of hydrogen-bond donors (Lipinski definition) is 0. The predicted molar refractivity (Wildman–Crippen MR) is 151 cm³/mol. The van der Waals surface area contributed by atoms with Crippen LogP contribution < -0.4 is 4.74 Å². The average molecular weight is 619 g/mol. The fourth-order valence-corrected chi connectivity index (χ4v) is 4.63. The van der Waals surface area contributed by atoms with Crippen LogP contribution in [0.3, 0.4) is 0 Å². The summed E-state index contributed by atoms with van der Waals surface area (Å²) in [5.74, 6) is -0.233. The molecule has 3 aromatic carbocycles. The van der Waals surface area contributed by atoms with Crippen LogP contribution in [0.5, 0.6) is 11.5 Å².